The van der Waals surface area contributed by atoms with E-state index in [0.29, 0.717) is 18.8 Å². The molecule has 1 aliphatic heterocycles. The average molecular weight is 300 g/mol. The highest BCUT2D eigenvalue weighted by Crippen LogP contribution is 2.21. The van der Waals surface area contributed by atoms with Gasteiger partial charge in [-0.15, -0.1) is 5.10 Å². The van der Waals surface area contributed by atoms with E-state index >= 15 is 0 Å². The highest BCUT2D eigenvalue weighted by Gasteiger charge is 2.28. The van der Waals surface area contributed by atoms with Crippen LogP contribution in [0.5, 0.6) is 0 Å². The molecule has 6 heteroatoms. The van der Waals surface area contributed by atoms with Crippen LogP contribution in [0, 0.1) is 5.92 Å². The van der Waals surface area contributed by atoms with Gasteiger partial charge in [0.1, 0.15) is 0 Å². The summed E-state index contributed by atoms with van der Waals surface area (Å²) in [6.45, 7) is 3.07. The third-order valence-electron chi connectivity index (χ3n) is 4.16. The second kappa shape index (κ2) is 6.27. The zero-order valence-electron chi connectivity index (χ0n) is 12.6. The molecule has 3 rings (SSSR count). The molecule has 6 nitrogen and oxygen atoms in total. The third-order valence-corrected chi connectivity index (χ3v) is 4.16. The van der Waals surface area contributed by atoms with Gasteiger partial charge in [-0.3, -0.25) is 4.79 Å². The fraction of sp³-hybridized carbons (Fsp3) is 0.438. The van der Waals surface area contributed by atoms with E-state index in [0.717, 1.165) is 18.5 Å². The molecule has 0 bridgehead atoms. The van der Waals surface area contributed by atoms with Gasteiger partial charge in [0.05, 0.1) is 18.0 Å². The number of piperidine rings is 1. The second-order valence-corrected chi connectivity index (χ2v) is 5.78. The minimum atomic E-state index is -0.393. The molecular formula is C16H20N4O2. The number of para-hydroxylation sites is 1. The Labute approximate surface area is 129 Å². The van der Waals surface area contributed by atoms with Crippen molar-refractivity contribution in [3.8, 4) is 5.69 Å². The van der Waals surface area contributed by atoms with Crippen molar-refractivity contribution in [3.63, 3.8) is 0 Å². The summed E-state index contributed by atoms with van der Waals surface area (Å²) in [5.74, 6) is 0.0226. The number of carbonyl (C=O) groups excluding carboxylic acids is 1. The van der Waals surface area contributed by atoms with Crippen molar-refractivity contribution in [1.82, 2.24) is 19.9 Å². The summed E-state index contributed by atoms with van der Waals surface area (Å²) in [5.41, 5.74) is 1.21. The minimum absolute atomic E-state index is 0.118. The van der Waals surface area contributed by atoms with Gasteiger partial charge < -0.3 is 10.0 Å². The van der Waals surface area contributed by atoms with E-state index in [1.54, 1.807) is 22.7 Å². The Hall–Kier alpha value is -2.21. The summed E-state index contributed by atoms with van der Waals surface area (Å²) in [6.07, 6.45) is 3.13. The van der Waals surface area contributed by atoms with E-state index in [2.05, 4.69) is 10.3 Å². The summed E-state index contributed by atoms with van der Waals surface area (Å²) in [7, 11) is 0. The van der Waals surface area contributed by atoms with Crippen LogP contribution in [0.4, 0.5) is 0 Å². The van der Waals surface area contributed by atoms with Gasteiger partial charge in [0.15, 0.2) is 5.69 Å². The van der Waals surface area contributed by atoms with E-state index in [-0.39, 0.29) is 11.8 Å². The van der Waals surface area contributed by atoms with Gasteiger partial charge in [-0.05, 0) is 31.9 Å². The molecule has 116 valence electrons. The molecule has 0 saturated carbocycles. The first kappa shape index (κ1) is 14.7. The van der Waals surface area contributed by atoms with Crippen LogP contribution in [0.15, 0.2) is 36.5 Å². The van der Waals surface area contributed by atoms with Gasteiger partial charge >= 0.3 is 0 Å². The lowest BCUT2D eigenvalue weighted by Gasteiger charge is -2.33. The van der Waals surface area contributed by atoms with E-state index in [4.69, 9.17) is 0 Å². The number of carbonyl (C=O) groups is 1. The summed E-state index contributed by atoms with van der Waals surface area (Å²) in [5, 5.41) is 17.8. The molecule has 1 fully saturated rings. The topological polar surface area (TPSA) is 71.2 Å². The standard InChI is InChI=1S/C16H20N4O2/c1-12(21)13-6-5-9-19(10-13)16(22)15-11-20(18-17-15)14-7-3-2-4-8-14/h2-4,7-8,11-13,21H,5-6,9-10H2,1H3. The Morgan fingerprint density at radius 3 is 2.86 bits per heavy atom. The Kier molecular flexibility index (Phi) is 4.20. The fourth-order valence-electron chi connectivity index (χ4n) is 2.82. The van der Waals surface area contributed by atoms with Gasteiger partial charge in [-0.1, -0.05) is 23.4 Å². The maximum absolute atomic E-state index is 12.5. The lowest BCUT2D eigenvalue weighted by atomic mass is 9.93. The zero-order chi connectivity index (χ0) is 15.5. The van der Waals surface area contributed by atoms with Crippen molar-refractivity contribution in [2.24, 2.45) is 5.92 Å². The number of aliphatic hydroxyl groups excluding tert-OH is 1. The number of rotatable bonds is 3. The van der Waals surface area contributed by atoms with Crippen LogP contribution in [-0.4, -0.2) is 50.1 Å². The van der Waals surface area contributed by atoms with Crippen LogP contribution in [0.3, 0.4) is 0 Å². The van der Waals surface area contributed by atoms with Crippen LogP contribution in [0.25, 0.3) is 5.69 Å². The number of nitrogens with zero attached hydrogens (tertiary/aromatic N) is 4. The number of aromatic nitrogens is 3. The van der Waals surface area contributed by atoms with Crippen molar-refractivity contribution in [2.75, 3.05) is 13.1 Å². The number of hydrogen-bond acceptors (Lipinski definition) is 4. The van der Waals surface area contributed by atoms with Crippen molar-refractivity contribution < 1.29 is 9.90 Å². The number of amides is 1. The largest absolute Gasteiger partial charge is 0.393 e. The zero-order valence-corrected chi connectivity index (χ0v) is 12.6. The number of benzene rings is 1. The molecule has 0 aliphatic carbocycles. The monoisotopic (exact) mass is 300 g/mol. The van der Waals surface area contributed by atoms with Crippen LogP contribution in [-0.2, 0) is 0 Å². The Morgan fingerprint density at radius 2 is 2.14 bits per heavy atom. The molecular weight excluding hydrogens is 280 g/mol. The first-order valence-corrected chi connectivity index (χ1v) is 7.60. The molecule has 1 aromatic heterocycles. The minimum Gasteiger partial charge on any atom is -0.393 e. The molecule has 1 aromatic carbocycles. The molecule has 1 aliphatic rings. The van der Waals surface area contributed by atoms with Crippen LogP contribution < -0.4 is 0 Å². The van der Waals surface area contributed by atoms with Gasteiger partial charge in [-0.25, -0.2) is 4.68 Å². The Morgan fingerprint density at radius 1 is 1.36 bits per heavy atom. The van der Waals surface area contributed by atoms with E-state index in [9.17, 15) is 9.90 Å². The second-order valence-electron chi connectivity index (χ2n) is 5.78. The van der Waals surface area contributed by atoms with Crippen molar-refractivity contribution in [2.45, 2.75) is 25.9 Å². The van der Waals surface area contributed by atoms with Crippen LogP contribution in [0.1, 0.15) is 30.3 Å². The van der Waals surface area contributed by atoms with Gasteiger partial charge in [0.2, 0.25) is 0 Å². The molecule has 1 saturated heterocycles. The maximum Gasteiger partial charge on any atom is 0.276 e. The molecule has 0 radical (unpaired) electrons. The molecule has 1 N–H and O–H groups in total. The van der Waals surface area contributed by atoms with E-state index in [1.807, 2.05) is 30.3 Å². The average Bonchev–Trinajstić information content (AvgIpc) is 3.05. The quantitative estimate of drug-likeness (QED) is 0.932. The Balaban J connectivity index is 1.74. The third kappa shape index (κ3) is 3.01. The Bertz CT molecular complexity index is 639. The predicted molar refractivity (Wildman–Crippen MR) is 81.7 cm³/mol. The molecule has 2 unspecified atom stereocenters. The SMILES string of the molecule is CC(O)C1CCCN(C(=O)c2cn(-c3ccccc3)nn2)C1. The molecule has 0 spiro atoms. The summed E-state index contributed by atoms with van der Waals surface area (Å²) >= 11 is 0. The molecule has 1 amide bonds. The first-order valence-electron chi connectivity index (χ1n) is 7.60. The maximum atomic E-state index is 12.5. The molecule has 22 heavy (non-hydrogen) atoms. The van der Waals surface area contributed by atoms with Crippen molar-refractivity contribution in [1.29, 1.82) is 0 Å². The van der Waals surface area contributed by atoms with Gasteiger partial charge in [-0.2, -0.15) is 0 Å². The summed E-state index contributed by atoms with van der Waals surface area (Å²) in [4.78, 5) is 14.3. The van der Waals surface area contributed by atoms with Crippen molar-refractivity contribution in [3.05, 3.63) is 42.2 Å². The summed E-state index contributed by atoms with van der Waals surface area (Å²) in [6, 6.07) is 9.57. The summed E-state index contributed by atoms with van der Waals surface area (Å²) < 4.78 is 1.60. The predicted octanol–water partition coefficient (Wildman–Crippen LogP) is 1.50. The normalized spacial score (nSPS) is 19.9. The van der Waals surface area contributed by atoms with E-state index in [1.165, 1.54) is 0 Å². The smallest absolute Gasteiger partial charge is 0.276 e. The first-order chi connectivity index (χ1) is 10.6. The number of hydrogen-bond donors (Lipinski definition) is 1. The number of likely N-dealkylation sites (tertiary alicyclic amines) is 1. The molecule has 2 atom stereocenters. The fourth-order valence-corrected chi connectivity index (χ4v) is 2.82. The molecule has 2 aromatic rings. The van der Waals surface area contributed by atoms with Gasteiger partial charge in [0.25, 0.3) is 5.91 Å². The van der Waals surface area contributed by atoms with Crippen LogP contribution >= 0.6 is 0 Å². The number of aliphatic hydroxyl groups is 1. The van der Waals surface area contributed by atoms with Gasteiger partial charge in [0, 0.05) is 19.0 Å². The lowest BCUT2D eigenvalue weighted by Crippen LogP contribution is -2.43. The van der Waals surface area contributed by atoms with E-state index < -0.39 is 6.10 Å². The molecule has 2 heterocycles. The highest BCUT2D eigenvalue weighted by atomic mass is 16.3. The van der Waals surface area contributed by atoms with Crippen molar-refractivity contribution >= 4 is 5.91 Å². The highest BCUT2D eigenvalue weighted by molar-refractivity contribution is 5.92. The van der Waals surface area contributed by atoms with Crippen LogP contribution in [0.2, 0.25) is 0 Å². The lowest BCUT2D eigenvalue weighted by molar-refractivity contribution is 0.0461.